The molecule has 1 aromatic carbocycles. The van der Waals surface area contributed by atoms with Gasteiger partial charge in [0.1, 0.15) is 17.5 Å². The number of carbonyl (C=O) groups is 1. The normalized spacial score (nSPS) is 15.0. The van der Waals surface area contributed by atoms with Crippen LogP contribution in [0.25, 0.3) is 11.3 Å². The number of hydrogen-bond acceptors (Lipinski definition) is 4. The van der Waals surface area contributed by atoms with Crippen molar-refractivity contribution in [2.24, 2.45) is 0 Å². The molecule has 0 saturated carbocycles. The lowest BCUT2D eigenvalue weighted by Gasteiger charge is -2.31. The third kappa shape index (κ3) is 3.59. The highest BCUT2D eigenvalue weighted by Gasteiger charge is 2.26. The van der Waals surface area contributed by atoms with E-state index in [0.29, 0.717) is 18.8 Å². The van der Waals surface area contributed by atoms with E-state index in [1.165, 1.54) is 0 Å². The SMILES string of the molecule is O=C(c1cc(-c2ccccc2)n[nH]1)N1CCC(Oc2cccnc2)CC1. The summed E-state index contributed by atoms with van der Waals surface area (Å²) >= 11 is 0. The third-order valence-electron chi connectivity index (χ3n) is 4.54. The van der Waals surface area contributed by atoms with Crippen molar-refractivity contribution in [3.8, 4) is 17.0 Å². The molecule has 0 bridgehead atoms. The average molecular weight is 348 g/mol. The number of nitrogens with one attached hydrogen (secondary N) is 1. The highest BCUT2D eigenvalue weighted by Crippen LogP contribution is 2.21. The van der Waals surface area contributed by atoms with Gasteiger partial charge in [0.25, 0.3) is 5.91 Å². The van der Waals surface area contributed by atoms with Crippen LogP contribution in [0.1, 0.15) is 23.3 Å². The Kier molecular flexibility index (Phi) is 4.64. The summed E-state index contributed by atoms with van der Waals surface area (Å²) < 4.78 is 5.93. The molecule has 0 radical (unpaired) electrons. The van der Waals surface area contributed by atoms with E-state index in [1.807, 2.05) is 53.4 Å². The van der Waals surface area contributed by atoms with Gasteiger partial charge in [-0.2, -0.15) is 5.10 Å². The van der Waals surface area contributed by atoms with Gasteiger partial charge in [0.05, 0.1) is 11.9 Å². The fourth-order valence-electron chi connectivity index (χ4n) is 3.14. The van der Waals surface area contributed by atoms with Crippen LogP contribution < -0.4 is 4.74 Å². The van der Waals surface area contributed by atoms with Crippen LogP contribution >= 0.6 is 0 Å². The number of piperidine rings is 1. The van der Waals surface area contributed by atoms with Crippen molar-refractivity contribution in [1.82, 2.24) is 20.1 Å². The lowest BCUT2D eigenvalue weighted by molar-refractivity contribution is 0.0589. The number of ether oxygens (including phenoxy) is 1. The Bertz CT molecular complexity index is 856. The smallest absolute Gasteiger partial charge is 0.271 e. The number of rotatable bonds is 4. The molecule has 1 amide bonds. The molecule has 1 aliphatic heterocycles. The predicted octanol–water partition coefficient (Wildman–Crippen LogP) is 3.16. The number of benzene rings is 1. The second kappa shape index (κ2) is 7.39. The maximum absolute atomic E-state index is 12.7. The Balaban J connectivity index is 1.36. The van der Waals surface area contributed by atoms with Crippen LogP contribution in [0.4, 0.5) is 0 Å². The number of aromatic amines is 1. The molecular formula is C20H20N4O2. The Labute approximate surface area is 151 Å². The molecule has 3 heterocycles. The standard InChI is InChI=1S/C20H20N4O2/c25-20(19-13-18(22-23-19)15-5-2-1-3-6-15)24-11-8-16(9-12-24)26-17-7-4-10-21-14-17/h1-7,10,13-14,16H,8-9,11-12H2,(H,22,23). The summed E-state index contributed by atoms with van der Waals surface area (Å²) in [5.41, 5.74) is 2.30. The molecule has 1 fully saturated rings. The van der Waals surface area contributed by atoms with E-state index >= 15 is 0 Å². The van der Waals surface area contributed by atoms with E-state index < -0.39 is 0 Å². The molecule has 1 aliphatic rings. The van der Waals surface area contributed by atoms with Crippen LogP contribution in [0.3, 0.4) is 0 Å². The molecule has 0 aliphatic carbocycles. The first-order valence-corrected chi connectivity index (χ1v) is 8.76. The number of amides is 1. The fourth-order valence-corrected chi connectivity index (χ4v) is 3.14. The molecule has 1 N–H and O–H groups in total. The topological polar surface area (TPSA) is 71.1 Å². The maximum Gasteiger partial charge on any atom is 0.271 e. The number of H-pyrrole nitrogens is 1. The summed E-state index contributed by atoms with van der Waals surface area (Å²) in [6.45, 7) is 1.34. The van der Waals surface area contributed by atoms with E-state index in [0.717, 1.165) is 29.8 Å². The van der Waals surface area contributed by atoms with Gasteiger partial charge in [-0.3, -0.25) is 14.9 Å². The first-order valence-electron chi connectivity index (χ1n) is 8.76. The highest BCUT2D eigenvalue weighted by molar-refractivity contribution is 5.93. The molecule has 26 heavy (non-hydrogen) atoms. The Morgan fingerprint density at radius 3 is 2.65 bits per heavy atom. The molecule has 6 heteroatoms. The maximum atomic E-state index is 12.7. The molecule has 2 aromatic heterocycles. The molecule has 0 unspecified atom stereocenters. The molecule has 132 valence electrons. The van der Waals surface area contributed by atoms with Gasteiger partial charge in [0.2, 0.25) is 0 Å². The van der Waals surface area contributed by atoms with Crippen molar-refractivity contribution in [3.63, 3.8) is 0 Å². The minimum Gasteiger partial charge on any atom is -0.489 e. The van der Waals surface area contributed by atoms with Crippen molar-refractivity contribution in [1.29, 1.82) is 0 Å². The zero-order chi connectivity index (χ0) is 17.8. The third-order valence-corrected chi connectivity index (χ3v) is 4.54. The summed E-state index contributed by atoms with van der Waals surface area (Å²) in [6.07, 6.45) is 5.17. The molecule has 4 rings (SSSR count). The first-order chi connectivity index (χ1) is 12.8. The zero-order valence-electron chi connectivity index (χ0n) is 14.3. The minimum absolute atomic E-state index is 0.0143. The van der Waals surface area contributed by atoms with E-state index in [9.17, 15) is 4.79 Å². The van der Waals surface area contributed by atoms with Crippen molar-refractivity contribution in [2.75, 3.05) is 13.1 Å². The average Bonchev–Trinajstić information content (AvgIpc) is 3.20. The molecular weight excluding hydrogens is 328 g/mol. The second-order valence-electron chi connectivity index (χ2n) is 6.33. The van der Waals surface area contributed by atoms with Gasteiger partial charge < -0.3 is 9.64 Å². The first kappa shape index (κ1) is 16.3. The van der Waals surface area contributed by atoms with Gasteiger partial charge in [0.15, 0.2) is 0 Å². The summed E-state index contributed by atoms with van der Waals surface area (Å²) in [5, 5.41) is 7.14. The number of carbonyl (C=O) groups excluding carboxylic acids is 1. The number of hydrogen-bond donors (Lipinski definition) is 1. The van der Waals surface area contributed by atoms with Crippen LogP contribution in [0.2, 0.25) is 0 Å². The minimum atomic E-state index is -0.0143. The van der Waals surface area contributed by atoms with Crippen LogP contribution in [0, 0.1) is 0 Å². The van der Waals surface area contributed by atoms with Crippen LogP contribution in [-0.4, -0.2) is 45.2 Å². The molecule has 0 atom stereocenters. The summed E-state index contributed by atoms with van der Waals surface area (Å²) in [5.74, 6) is 0.762. The monoisotopic (exact) mass is 348 g/mol. The molecule has 6 nitrogen and oxygen atoms in total. The highest BCUT2D eigenvalue weighted by atomic mass is 16.5. The van der Waals surface area contributed by atoms with Gasteiger partial charge in [-0.05, 0) is 18.2 Å². The number of nitrogens with zero attached hydrogens (tertiary/aromatic N) is 3. The fraction of sp³-hybridized carbons (Fsp3) is 0.250. The predicted molar refractivity (Wildman–Crippen MR) is 97.8 cm³/mol. The van der Waals surface area contributed by atoms with Gasteiger partial charge in [0, 0.05) is 37.7 Å². The Hall–Kier alpha value is -3.15. The molecule has 0 spiro atoms. The van der Waals surface area contributed by atoms with Gasteiger partial charge in [-0.15, -0.1) is 0 Å². The quantitative estimate of drug-likeness (QED) is 0.786. The summed E-state index contributed by atoms with van der Waals surface area (Å²) in [7, 11) is 0. The Morgan fingerprint density at radius 2 is 1.92 bits per heavy atom. The van der Waals surface area contributed by atoms with Crippen LogP contribution in [-0.2, 0) is 0 Å². The van der Waals surface area contributed by atoms with Crippen LogP contribution in [0.5, 0.6) is 5.75 Å². The number of aromatic nitrogens is 3. The molecule has 3 aromatic rings. The molecule has 1 saturated heterocycles. The lowest BCUT2D eigenvalue weighted by Crippen LogP contribution is -2.41. The van der Waals surface area contributed by atoms with Crippen molar-refractivity contribution in [2.45, 2.75) is 18.9 Å². The van der Waals surface area contributed by atoms with Crippen molar-refractivity contribution in [3.05, 3.63) is 66.6 Å². The van der Waals surface area contributed by atoms with Crippen molar-refractivity contribution >= 4 is 5.91 Å². The van der Waals surface area contributed by atoms with E-state index in [2.05, 4.69) is 15.2 Å². The van der Waals surface area contributed by atoms with E-state index in [1.54, 1.807) is 12.4 Å². The zero-order valence-corrected chi connectivity index (χ0v) is 14.3. The number of likely N-dealkylation sites (tertiary alicyclic amines) is 1. The van der Waals surface area contributed by atoms with E-state index in [-0.39, 0.29) is 12.0 Å². The van der Waals surface area contributed by atoms with Crippen molar-refractivity contribution < 1.29 is 9.53 Å². The van der Waals surface area contributed by atoms with E-state index in [4.69, 9.17) is 4.74 Å². The van der Waals surface area contributed by atoms with Gasteiger partial charge in [-0.25, -0.2) is 0 Å². The Morgan fingerprint density at radius 1 is 1.12 bits per heavy atom. The largest absolute Gasteiger partial charge is 0.489 e. The summed E-state index contributed by atoms with van der Waals surface area (Å²) in [4.78, 5) is 18.6. The lowest BCUT2D eigenvalue weighted by atomic mass is 10.1. The van der Waals surface area contributed by atoms with Gasteiger partial charge >= 0.3 is 0 Å². The number of pyridine rings is 1. The summed E-state index contributed by atoms with van der Waals surface area (Å²) in [6, 6.07) is 15.4. The van der Waals surface area contributed by atoms with Crippen LogP contribution in [0.15, 0.2) is 60.9 Å². The second-order valence-corrected chi connectivity index (χ2v) is 6.33. The van der Waals surface area contributed by atoms with Gasteiger partial charge in [-0.1, -0.05) is 30.3 Å².